The van der Waals surface area contributed by atoms with E-state index in [-0.39, 0.29) is 60.3 Å². The fourth-order valence-electron chi connectivity index (χ4n) is 4.22. The predicted molar refractivity (Wildman–Crippen MR) is 98.9 cm³/mol. The first-order chi connectivity index (χ1) is 12.9. The molecule has 0 bridgehead atoms. The van der Waals surface area contributed by atoms with Gasteiger partial charge in [-0.05, 0) is 36.5 Å². The Kier molecular flexibility index (Phi) is 5.92. The van der Waals surface area contributed by atoms with Gasteiger partial charge in [0.2, 0.25) is 17.7 Å². The molecule has 1 N–H and O–H groups in total. The first kappa shape index (κ1) is 19.5. The van der Waals surface area contributed by atoms with Gasteiger partial charge in [0.05, 0.1) is 17.9 Å². The average molecular weight is 374 g/mol. The van der Waals surface area contributed by atoms with Gasteiger partial charge in [-0.15, -0.1) is 0 Å². The molecule has 0 aromatic heterocycles. The number of carbonyl (C=O) groups excluding carboxylic acids is 3. The van der Waals surface area contributed by atoms with Crippen molar-refractivity contribution in [1.82, 2.24) is 10.2 Å². The zero-order valence-electron chi connectivity index (χ0n) is 15.9. The normalized spacial score (nSPS) is 23.5. The second-order valence-corrected chi connectivity index (χ2v) is 7.92. The maximum Gasteiger partial charge on any atom is 0.233 e. The number of hydrogen-bond acceptors (Lipinski definition) is 3. The summed E-state index contributed by atoms with van der Waals surface area (Å²) in [6.07, 6.45) is 3.61. The van der Waals surface area contributed by atoms with Crippen molar-refractivity contribution in [1.29, 1.82) is 0 Å². The summed E-state index contributed by atoms with van der Waals surface area (Å²) in [6, 6.07) is 5.84. The van der Waals surface area contributed by atoms with Crippen LogP contribution in [0.5, 0.6) is 0 Å². The maximum atomic E-state index is 13.1. The molecule has 1 saturated carbocycles. The Labute approximate surface area is 159 Å². The molecule has 3 atom stereocenters. The molecule has 5 nitrogen and oxygen atoms in total. The summed E-state index contributed by atoms with van der Waals surface area (Å²) < 4.78 is 13.1. The van der Waals surface area contributed by atoms with Gasteiger partial charge in [-0.1, -0.05) is 38.8 Å². The van der Waals surface area contributed by atoms with Crippen molar-refractivity contribution in [3.05, 3.63) is 35.6 Å². The number of likely N-dealkylation sites (tertiary alicyclic amines) is 1. The van der Waals surface area contributed by atoms with E-state index in [1.165, 1.54) is 17.0 Å². The van der Waals surface area contributed by atoms with Gasteiger partial charge in [-0.25, -0.2) is 4.39 Å². The van der Waals surface area contributed by atoms with Crippen LogP contribution in [-0.2, 0) is 14.4 Å². The van der Waals surface area contributed by atoms with E-state index in [1.54, 1.807) is 12.1 Å². The molecule has 1 saturated heterocycles. The van der Waals surface area contributed by atoms with Crippen molar-refractivity contribution in [2.24, 2.45) is 17.8 Å². The minimum atomic E-state index is -0.319. The van der Waals surface area contributed by atoms with E-state index in [0.717, 1.165) is 31.2 Å². The van der Waals surface area contributed by atoms with Crippen LogP contribution in [0.15, 0.2) is 24.3 Å². The highest BCUT2D eigenvalue weighted by Crippen LogP contribution is 2.38. The number of hydrogen-bond donors (Lipinski definition) is 1. The molecule has 146 valence electrons. The molecule has 1 aromatic rings. The van der Waals surface area contributed by atoms with Gasteiger partial charge in [0.25, 0.3) is 0 Å². The van der Waals surface area contributed by atoms with Crippen molar-refractivity contribution < 1.29 is 18.8 Å². The second kappa shape index (κ2) is 8.19. The zero-order valence-corrected chi connectivity index (χ0v) is 15.9. The number of benzene rings is 1. The van der Waals surface area contributed by atoms with Gasteiger partial charge in [0, 0.05) is 13.0 Å². The number of rotatable bonds is 6. The van der Waals surface area contributed by atoms with Crippen LogP contribution in [0.3, 0.4) is 0 Å². The quantitative estimate of drug-likeness (QED) is 0.778. The Morgan fingerprint density at radius 3 is 2.19 bits per heavy atom. The van der Waals surface area contributed by atoms with Crippen molar-refractivity contribution in [2.45, 2.75) is 52.0 Å². The number of fused-ring (bicyclic) bond motifs is 1. The molecule has 0 spiro atoms. The van der Waals surface area contributed by atoms with Crippen LogP contribution in [0.2, 0.25) is 0 Å². The molecule has 1 aliphatic carbocycles. The molecule has 3 rings (SSSR count). The average Bonchev–Trinajstić information content (AvgIpc) is 2.90. The number of imide groups is 1. The highest BCUT2D eigenvalue weighted by atomic mass is 19.1. The summed E-state index contributed by atoms with van der Waals surface area (Å²) >= 11 is 0. The van der Waals surface area contributed by atoms with Crippen LogP contribution in [0.4, 0.5) is 4.39 Å². The van der Waals surface area contributed by atoms with Crippen molar-refractivity contribution in [3.8, 4) is 0 Å². The molecule has 0 radical (unpaired) electrons. The Morgan fingerprint density at radius 2 is 1.67 bits per heavy atom. The summed E-state index contributed by atoms with van der Waals surface area (Å²) in [4.78, 5) is 38.7. The summed E-state index contributed by atoms with van der Waals surface area (Å²) in [7, 11) is 0. The zero-order chi connectivity index (χ0) is 19.6. The van der Waals surface area contributed by atoms with E-state index in [1.807, 2.05) is 13.8 Å². The van der Waals surface area contributed by atoms with E-state index in [0.29, 0.717) is 0 Å². The lowest BCUT2D eigenvalue weighted by Gasteiger charge is -2.23. The molecular weight excluding hydrogens is 347 g/mol. The van der Waals surface area contributed by atoms with Gasteiger partial charge >= 0.3 is 0 Å². The fourth-order valence-corrected chi connectivity index (χ4v) is 4.22. The third-order valence-corrected chi connectivity index (χ3v) is 5.71. The lowest BCUT2D eigenvalue weighted by Crippen LogP contribution is -2.37. The molecule has 3 amide bonds. The topological polar surface area (TPSA) is 66.5 Å². The van der Waals surface area contributed by atoms with Crippen molar-refractivity contribution in [2.75, 3.05) is 6.54 Å². The number of halogens is 1. The molecule has 0 unspecified atom stereocenters. The van der Waals surface area contributed by atoms with E-state index in [9.17, 15) is 18.8 Å². The van der Waals surface area contributed by atoms with E-state index >= 15 is 0 Å². The third kappa shape index (κ3) is 4.20. The second-order valence-electron chi connectivity index (χ2n) is 7.92. The molecule has 1 aliphatic heterocycles. The first-order valence-electron chi connectivity index (χ1n) is 9.78. The van der Waals surface area contributed by atoms with Gasteiger partial charge in [0.1, 0.15) is 5.82 Å². The third-order valence-electron chi connectivity index (χ3n) is 5.71. The predicted octanol–water partition coefficient (Wildman–Crippen LogP) is 3.20. The highest BCUT2D eigenvalue weighted by molar-refractivity contribution is 6.05. The van der Waals surface area contributed by atoms with E-state index in [4.69, 9.17) is 0 Å². The Hall–Kier alpha value is -2.24. The van der Waals surface area contributed by atoms with Crippen molar-refractivity contribution >= 4 is 17.7 Å². The van der Waals surface area contributed by atoms with E-state index < -0.39 is 0 Å². The molecule has 6 heteroatoms. The number of amides is 3. The number of nitrogens with zero attached hydrogens (tertiary/aromatic N) is 1. The Morgan fingerprint density at radius 1 is 1.11 bits per heavy atom. The minimum absolute atomic E-state index is 0.0847. The fraction of sp³-hybridized carbons (Fsp3) is 0.571. The summed E-state index contributed by atoms with van der Waals surface area (Å²) in [6.45, 7) is 4.09. The summed E-state index contributed by atoms with van der Waals surface area (Å²) in [5, 5.41) is 2.96. The molecular formula is C21H27FN2O3. The molecule has 27 heavy (non-hydrogen) atoms. The lowest BCUT2D eigenvalue weighted by atomic mass is 9.81. The monoisotopic (exact) mass is 374 g/mol. The summed E-state index contributed by atoms with van der Waals surface area (Å²) in [5.74, 6) is -1.01. The van der Waals surface area contributed by atoms with Crippen LogP contribution >= 0.6 is 0 Å². The van der Waals surface area contributed by atoms with Crippen LogP contribution in [0.1, 0.15) is 57.6 Å². The number of nitrogens with one attached hydrogen (secondary N) is 1. The van der Waals surface area contributed by atoms with Crippen LogP contribution in [0.25, 0.3) is 0 Å². The summed E-state index contributed by atoms with van der Waals surface area (Å²) in [5.41, 5.74) is 0.832. The standard InChI is InChI=1S/C21H27FN2O3/c1-13(2)19(14-7-9-15(22)10-8-14)23-18(25)11-12-24-20(26)16-5-3-4-6-17(16)21(24)27/h7-10,13,16-17,19H,3-6,11-12H2,1-2H3,(H,23,25)/t16-,17+,19-/m0/s1. The van der Waals surface area contributed by atoms with Crippen molar-refractivity contribution in [3.63, 3.8) is 0 Å². The Balaban J connectivity index is 1.59. The van der Waals surface area contributed by atoms with Gasteiger partial charge in [0.15, 0.2) is 0 Å². The van der Waals surface area contributed by atoms with Gasteiger partial charge in [-0.3, -0.25) is 19.3 Å². The molecule has 2 aliphatic rings. The molecule has 1 aromatic carbocycles. The molecule has 1 heterocycles. The first-order valence-corrected chi connectivity index (χ1v) is 9.78. The SMILES string of the molecule is CC(C)[C@H](NC(=O)CCN1C(=O)[C@H]2CCCC[C@H]2C1=O)c1ccc(F)cc1. The lowest BCUT2D eigenvalue weighted by molar-refractivity contribution is -0.140. The number of carbonyl (C=O) groups is 3. The van der Waals surface area contributed by atoms with Crippen LogP contribution < -0.4 is 5.32 Å². The van der Waals surface area contributed by atoms with E-state index in [2.05, 4.69) is 5.32 Å². The van der Waals surface area contributed by atoms with Crippen LogP contribution in [0, 0.1) is 23.6 Å². The van der Waals surface area contributed by atoms with Gasteiger partial charge in [-0.2, -0.15) is 0 Å². The largest absolute Gasteiger partial charge is 0.349 e. The smallest absolute Gasteiger partial charge is 0.233 e. The maximum absolute atomic E-state index is 13.1. The Bertz CT molecular complexity index is 693. The minimum Gasteiger partial charge on any atom is -0.349 e. The van der Waals surface area contributed by atoms with Gasteiger partial charge < -0.3 is 5.32 Å². The highest BCUT2D eigenvalue weighted by Gasteiger charge is 2.47. The molecule has 2 fully saturated rings. The van der Waals surface area contributed by atoms with Crippen LogP contribution in [-0.4, -0.2) is 29.2 Å².